The van der Waals surface area contributed by atoms with E-state index in [0.717, 1.165) is 6.42 Å². The Kier molecular flexibility index (Phi) is 6.52. The minimum atomic E-state index is -1.04. The zero-order valence-electron chi connectivity index (χ0n) is 12.4. The first-order chi connectivity index (χ1) is 9.99. The molecule has 6 nitrogen and oxygen atoms in total. The lowest BCUT2D eigenvalue weighted by atomic mass is 10.1. The lowest BCUT2D eigenvalue weighted by molar-refractivity contribution is -0.139. The minimum absolute atomic E-state index is 0.318. The fraction of sp³-hybridized carbons (Fsp3) is 0.467. The van der Waals surface area contributed by atoms with Crippen molar-refractivity contribution in [3.8, 4) is 5.75 Å². The van der Waals surface area contributed by atoms with Gasteiger partial charge in [0, 0.05) is 5.56 Å². The number of carbonyl (C=O) groups is 2. The second-order valence-electron chi connectivity index (χ2n) is 4.75. The predicted octanol–water partition coefficient (Wildman–Crippen LogP) is 2.04. The van der Waals surface area contributed by atoms with Crippen molar-refractivity contribution in [1.82, 2.24) is 5.32 Å². The summed E-state index contributed by atoms with van der Waals surface area (Å²) < 4.78 is 5.43. The molecule has 0 spiro atoms. The van der Waals surface area contributed by atoms with Crippen LogP contribution < -0.4 is 15.8 Å². The summed E-state index contributed by atoms with van der Waals surface area (Å²) in [5.41, 5.74) is 6.51. The van der Waals surface area contributed by atoms with E-state index in [4.69, 9.17) is 15.6 Å². The van der Waals surface area contributed by atoms with Crippen LogP contribution in [0.2, 0.25) is 0 Å². The Hall–Kier alpha value is -2.24. The van der Waals surface area contributed by atoms with Gasteiger partial charge in [-0.3, -0.25) is 4.79 Å². The van der Waals surface area contributed by atoms with Crippen molar-refractivity contribution in [3.05, 3.63) is 23.8 Å². The molecule has 0 bridgehead atoms. The number of anilines is 1. The number of nitrogens with two attached hydrogens (primary N) is 1. The van der Waals surface area contributed by atoms with Crippen LogP contribution in [-0.2, 0) is 4.79 Å². The maximum Gasteiger partial charge on any atom is 0.326 e. The molecule has 0 heterocycles. The van der Waals surface area contributed by atoms with Gasteiger partial charge in [0.25, 0.3) is 5.91 Å². The summed E-state index contributed by atoms with van der Waals surface area (Å²) in [6.07, 6.45) is 1.91. The number of carboxylic acids is 1. The van der Waals surface area contributed by atoms with Crippen LogP contribution in [0.5, 0.6) is 5.75 Å². The smallest absolute Gasteiger partial charge is 0.326 e. The third-order valence-electron chi connectivity index (χ3n) is 2.91. The Labute approximate surface area is 124 Å². The fourth-order valence-electron chi connectivity index (χ4n) is 1.82. The van der Waals surface area contributed by atoms with Crippen LogP contribution in [0.1, 0.15) is 43.5 Å². The minimum Gasteiger partial charge on any atom is -0.491 e. The summed E-state index contributed by atoms with van der Waals surface area (Å²) in [5, 5.41) is 11.5. The Morgan fingerprint density at radius 2 is 2.05 bits per heavy atom. The van der Waals surface area contributed by atoms with Gasteiger partial charge in [0.2, 0.25) is 0 Å². The average Bonchev–Trinajstić information content (AvgIpc) is 2.45. The topological polar surface area (TPSA) is 102 Å². The first kappa shape index (κ1) is 16.8. The second-order valence-corrected chi connectivity index (χ2v) is 4.75. The van der Waals surface area contributed by atoms with Gasteiger partial charge in [-0.1, -0.05) is 20.3 Å². The third-order valence-corrected chi connectivity index (χ3v) is 2.91. The number of nitrogens with one attached hydrogen (secondary N) is 1. The van der Waals surface area contributed by atoms with Gasteiger partial charge in [-0.2, -0.15) is 0 Å². The number of hydrogen-bond acceptors (Lipinski definition) is 4. The van der Waals surface area contributed by atoms with Crippen LogP contribution in [0.15, 0.2) is 18.2 Å². The van der Waals surface area contributed by atoms with Gasteiger partial charge in [0.05, 0.1) is 12.3 Å². The molecule has 0 saturated heterocycles. The molecule has 1 aromatic carbocycles. The molecule has 1 atom stereocenters. The summed E-state index contributed by atoms with van der Waals surface area (Å²) in [6, 6.07) is 3.79. The maximum atomic E-state index is 12.0. The van der Waals surface area contributed by atoms with E-state index < -0.39 is 17.9 Å². The van der Waals surface area contributed by atoms with Gasteiger partial charge >= 0.3 is 5.97 Å². The molecule has 0 radical (unpaired) electrons. The summed E-state index contributed by atoms with van der Waals surface area (Å²) in [4.78, 5) is 23.1. The van der Waals surface area contributed by atoms with Gasteiger partial charge in [0.15, 0.2) is 0 Å². The molecule has 6 heteroatoms. The Morgan fingerprint density at radius 1 is 1.33 bits per heavy atom. The molecule has 0 aliphatic carbocycles. The van der Waals surface area contributed by atoms with Crippen LogP contribution in [0.4, 0.5) is 5.69 Å². The van der Waals surface area contributed by atoms with Crippen molar-refractivity contribution in [1.29, 1.82) is 0 Å². The molecule has 1 rings (SSSR count). The van der Waals surface area contributed by atoms with Gasteiger partial charge < -0.3 is 20.9 Å². The summed E-state index contributed by atoms with van der Waals surface area (Å²) in [6.45, 7) is 4.39. The van der Waals surface area contributed by atoms with Crippen molar-refractivity contribution in [3.63, 3.8) is 0 Å². The number of amides is 1. The Bertz CT molecular complexity index is 502. The number of carbonyl (C=O) groups excluding carboxylic acids is 1. The summed E-state index contributed by atoms with van der Waals surface area (Å²) in [7, 11) is 0. The van der Waals surface area contributed by atoms with Crippen molar-refractivity contribution < 1.29 is 19.4 Å². The van der Waals surface area contributed by atoms with Crippen molar-refractivity contribution in [2.75, 3.05) is 12.3 Å². The standard InChI is InChI=1S/C15H22N2O4/c1-3-5-12(15(19)20)17-14(18)10-6-7-13(11(16)9-10)21-8-4-2/h6-7,9,12H,3-5,8,16H2,1-2H3,(H,17,18)(H,19,20). The summed E-state index contributed by atoms with van der Waals surface area (Å²) in [5.74, 6) is -0.970. The molecule has 21 heavy (non-hydrogen) atoms. The molecule has 0 fully saturated rings. The number of nitrogen functional groups attached to an aromatic ring is 1. The van der Waals surface area contributed by atoms with Gasteiger partial charge in [0.1, 0.15) is 11.8 Å². The fourth-order valence-corrected chi connectivity index (χ4v) is 1.82. The first-order valence-electron chi connectivity index (χ1n) is 7.05. The molecule has 116 valence electrons. The first-order valence-corrected chi connectivity index (χ1v) is 7.05. The van der Waals surface area contributed by atoms with Gasteiger partial charge in [-0.05, 0) is 31.0 Å². The van der Waals surface area contributed by atoms with Crippen molar-refractivity contribution in [2.24, 2.45) is 0 Å². The molecule has 0 aliphatic heterocycles. The van der Waals surface area contributed by atoms with Crippen molar-refractivity contribution in [2.45, 2.75) is 39.2 Å². The highest BCUT2D eigenvalue weighted by Gasteiger charge is 2.20. The van der Waals surface area contributed by atoms with Crippen LogP contribution >= 0.6 is 0 Å². The molecule has 0 saturated carbocycles. The number of rotatable bonds is 8. The highest BCUT2D eigenvalue weighted by Crippen LogP contribution is 2.22. The molecule has 0 aromatic heterocycles. The molecular weight excluding hydrogens is 272 g/mol. The molecular formula is C15H22N2O4. The van der Waals surface area contributed by atoms with Gasteiger partial charge in [-0.15, -0.1) is 0 Å². The third kappa shape index (κ3) is 4.98. The zero-order chi connectivity index (χ0) is 15.8. The van der Waals surface area contributed by atoms with Crippen LogP contribution in [0, 0.1) is 0 Å². The molecule has 1 amide bonds. The number of aliphatic carboxylic acids is 1. The average molecular weight is 294 g/mol. The number of hydrogen-bond donors (Lipinski definition) is 3. The molecule has 4 N–H and O–H groups in total. The monoisotopic (exact) mass is 294 g/mol. The van der Waals surface area contributed by atoms with E-state index in [9.17, 15) is 9.59 Å². The second kappa shape index (κ2) is 8.14. The lowest BCUT2D eigenvalue weighted by Crippen LogP contribution is -2.40. The molecule has 1 unspecified atom stereocenters. The summed E-state index contributed by atoms with van der Waals surface area (Å²) >= 11 is 0. The van der Waals surface area contributed by atoms with E-state index in [2.05, 4.69) is 5.32 Å². The SMILES string of the molecule is CCCOc1ccc(C(=O)NC(CCC)C(=O)O)cc1N. The van der Waals surface area contributed by atoms with Crippen LogP contribution in [0.3, 0.4) is 0 Å². The van der Waals surface area contributed by atoms with E-state index >= 15 is 0 Å². The Morgan fingerprint density at radius 3 is 2.57 bits per heavy atom. The molecule has 1 aromatic rings. The highest BCUT2D eigenvalue weighted by atomic mass is 16.5. The zero-order valence-corrected chi connectivity index (χ0v) is 12.4. The normalized spacial score (nSPS) is 11.7. The van der Waals surface area contributed by atoms with Crippen molar-refractivity contribution >= 4 is 17.6 Å². The van der Waals surface area contributed by atoms with Gasteiger partial charge in [-0.25, -0.2) is 4.79 Å². The van der Waals surface area contributed by atoms with E-state index in [1.54, 1.807) is 12.1 Å². The quantitative estimate of drug-likeness (QED) is 0.637. The number of carboxylic acid groups (broad SMARTS) is 1. The maximum absolute atomic E-state index is 12.0. The lowest BCUT2D eigenvalue weighted by Gasteiger charge is -2.14. The number of benzene rings is 1. The van der Waals surface area contributed by atoms with E-state index in [1.807, 2.05) is 13.8 Å². The Balaban J connectivity index is 2.78. The molecule has 0 aliphatic rings. The number of ether oxygens (including phenoxy) is 1. The largest absolute Gasteiger partial charge is 0.491 e. The highest BCUT2D eigenvalue weighted by molar-refractivity contribution is 5.97. The van der Waals surface area contributed by atoms with E-state index in [0.29, 0.717) is 36.4 Å². The predicted molar refractivity (Wildman–Crippen MR) is 80.4 cm³/mol. The van der Waals surface area contributed by atoms with E-state index in [-0.39, 0.29) is 0 Å². The van der Waals surface area contributed by atoms with Crippen LogP contribution in [-0.4, -0.2) is 29.6 Å². The van der Waals surface area contributed by atoms with Crippen LogP contribution in [0.25, 0.3) is 0 Å². The van der Waals surface area contributed by atoms with E-state index in [1.165, 1.54) is 6.07 Å².